The average Bonchev–Trinajstić information content (AvgIpc) is 3.35. The van der Waals surface area contributed by atoms with Crippen molar-refractivity contribution in [3.05, 3.63) is 60.9 Å². The molecule has 8 heteroatoms. The van der Waals surface area contributed by atoms with Crippen LogP contribution in [0.3, 0.4) is 0 Å². The second-order valence-corrected chi connectivity index (χ2v) is 6.17. The van der Waals surface area contributed by atoms with E-state index in [-0.39, 0.29) is 12.1 Å². The van der Waals surface area contributed by atoms with E-state index in [2.05, 4.69) is 26.2 Å². The van der Waals surface area contributed by atoms with E-state index in [1.165, 1.54) is 6.33 Å². The van der Waals surface area contributed by atoms with Crippen LogP contribution in [0.2, 0.25) is 0 Å². The zero-order valence-electron chi connectivity index (χ0n) is 14.1. The number of tetrazole rings is 1. The maximum atomic E-state index is 12.5. The number of carbonyl (C=O) groups is 1. The molecule has 1 aromatic heterocycles. The Kier molecular flexibility index (Phi) is 4.46. The molecule has 8 nitrogen and oxygen atoms in total. The van der Waals surface area contributed by atoms with E-state index in [0.29, 0.717) is 6.54 Å². The first-order chi connectivity index (χ1) is 12.8. The van der Waals surface area contributed by atoms with Crippen LogP contribution in [0.4, 0.5) is 16.2 Å². The molecule has 1 saturated heterocycles. The number of rotatable bonds is 4. The summed E-state index contributed by atoms with van der Waals surface area (Å²) in [6.45, 7) is 1.42. The first-order valence-electron chi connectivity index (χ1n) is 8.49. The van der Waals surface area contributed by atoms with Gasteiger partial charge in [-0.2, -0.15) is 0 Å². The summed E-state index contributed by atoms with van der Waals surface area (Å²) in [5.41, 5.74) is 2.66. The molecule has 132 valence electrons. The van der Waals surface area contributed by atoms with Gasteiger partial charge in [-0.25, -0.2) is 9.48 Å². The molecule has 1 aliphatic rings. The van der Waals surface area contributed by atoms with Crippen molar-refractivity contribution in [2.45, 2.75) is 12.5 Å². The lowest BCUT2D eigenvalue weighted by molar-refractivity contribution is 0.222. The Labute approximate surface area is 150 Å². The van der Waals surface area contributed by atoms with Crippen LogP contribution < -0.4 is 10.6 Å². The minimum Gasteiger partial charge on any atom is -0.380 e. The summed E-state index contributed by atoms with van der Waals surface area (Å²) in [5.74, 6) is 0. The first-order valence-corrected chi connectivity index (χ1v) is 8.49. The van der Waals surface area contributed by atoms with Crippen LogP contribution in [0.5, 0.6) is 0 Å². The summed E-state index contributed by atoms with van der Waals surface area (Å²) in [4.78, 5) is 14.3. The summed E-state index contributed by atoms with van der Waals surface area (Å²) >= 11 is 0. The maximum absolute atomic E-state index is 12.5. The molecule has 26 heavy (non-hydrogen) atoms. The maximum Gasteiger partial charge on any atom is 0.321 e. The van der Waals surface area contributed by atoms with Crippen LogP contribution in [0.25, 0.3) is 5.69 Å². The van der Waals surface area contributed by atoms with E-state index in [1.54, 1.807) is 4.68 Å². The summed E-state index contributed by atoms with van der Waals surface area (Å²) in [6, 6.07) is 17.6. The van der Waals surface area contributed by atoms with Gasteiger partial charge in [0.05, 0.1) is 5.69 Å². The highest BCUT2D eigenvalue weighted by Crippen LogP contribution is 2.18. The Hall–Kier alpha value is -3.42. The molecular weight excluding hydrogens is 330 g/mol. The number of hydrogen-bond acceptors (Lipinski definition) is 5. The monoisotopic (exact) mass is 349 g/mol. The fraction of sp³-hybridized carbons (Fsp3) is 0.222. The van der Waals surface area contributed by atoms with Crippen molar-refractivity contribution in [1.29, 1.82) is 0 Å². The third-order valence-corrected chi connectivity index (χ3v) is 4.35. The lowest BCUT2D eigenvalue weighted by Crippen LogP contribution is -2.34. The Balaban J connectivity index is 1.32. The molecule has 0 radical (unpaired) electrons. The topological polar surface area (TPSA) is 88.0 Å². The lowest BCUT2D eigenvalue weighted by atomic mass is 10.2. The van der Waals surface area contributed by atoms with Gasteiger partial charge in [-0.05, 0) is 53.2 Å². The van der Waals surface area contributed by atoms with Gasteiger partial charge in [0.2, 0.25) is 0 Å². The second kappa shape index (κ2) is 7.22. The van der Waals surface area contributed by atoms with Gasteiger partial charge in [0.15, 0.2) is 0 Å². The number of nitrogens with zero attached hydrogens (tertiary/aromatic N) is 5. The fourth-order valence-electron chi connectivity index (χ4n) is 3.01. The molecule has 0 aliphatic carbocycles. The number of urea groups is 1. The predicted octanol–water partition coefficient (Wildman–Crippen LogP) is 2.38. The third kappa shape index (κ3) is 3.64. The number of nitrogens with one attached hydrogen (secondary N) is 2. The first kappa shape index (κ1) is 16.1. The Morgan fingerprint density at radius 3 is 2.58 bits per heavy atom. The van der Waals surface area contributed by atoms with Crippen LogP contribution >= 0.6 is 0 Å². The van der Waals surface area contributed by atoms with Gasteiger partial charge in [-0.3, -0.25) is 0 Å². The second-order valence-electron chi connectivity index (χ2n) is 6.17. The van der Waals surface area contributed by atoms with Crippen LogP contribution in [0.1, 0.15) is 6.42 Å². The molecular formula is C18H19N7O. The van der Waals surface area contributed by atoms with E-state index in [4.69, 9.17) is 0 Å². The highest BCUT2D eigenvalue weighted by molar-refractivity contribution is 5.89. The van der Waals surface area contributed by atoms with E-state index in [1.807, 2.05) is 59.5 Å². The van der Waals surface area contributed by atoms with Crippen molar-refractivity contribution in [3.63, 3.8) is 0 Å². The highest BCUT2D eigenvalue weighted by atomic mass is 16.2. The van der Waals surface area contributed by atoms with Crippen molar-refractivity contribution in [2.24, 2.45) is 0 Å². The van der Waals surface area contributed by atoms with Gasteiger partial charge in [0, 0.05) is 30.5 Å². The zero-order valence-corrected chi connectivity index (χ0v) is 14.1. The van der Waals surface area contributed by atoms with Crippen LogP contribution in [0, 0.1) is 0 Å². The normalized spacial score (nSPS) is 16.5. The number of hydrogen-bond donors (Lipinski definition) is 2. The molecule has 0 spiro atoms. The molecule has 2 heterocycles. The minimum absolute atomic E-state index is 0.0856. The number of amides is 2. The standard InChI is InChI=1S/C18H19N7O/c26-18(21-15-6-8-17(9-7-15)25-13-19-22-23-25)24-11-10-16(12-24)20-14-4-2-1-3-5-14/h1-9,13,16,20H,10-12H2,(H,21,26)/t16-/m1/s1. The third-order valence-electron chi connectivity index (χ3n) is 4.35. The summed E-state index contributed by atoms with van der Waals surface area (Å²) < 4.78 is 1.56. The number of likely N-dealkylation sites (tertiary alicyclic amines) is 1. The van der Waals surface area contributed by atoms with Gasteiger partial charge >= 0.3 is 6.03 Å². The van der Waals surface area contributed by atoms with Crippen molar-refractivity contribution in [3.8, 4) is 5.69 Å². The van der Waals surface area contributed by atoms with Crippen LogP contribution in [0.15, 0.2) is 60.9 Å². The van der Waals surface area contributed by atoms with E-state index in [9.17, 15) is 4.79 Å². The van der Waals surface area contributed by atoms with E-state index in [0.717, 1.165) is 30.0 Å². The largest absolute Gasteiger partial charge is 0.380 e. The predicted molar refractivity (Wildman–Crippen MR) is 98.2 cm³/mol. The van der Waals surface area contributed by atoms with Gasteiger partial charge in [0.25, 0.3) is 0 Å². The van der Waals surface area contributed by atoms with Crippen LogP contribution in [-0.4, -0.2) is 50.3 Å². The summed E-state index contributed by atoms with van der Waals surface area (Å²) in [7, 11) is 0. The van der Waals surface area contributed by atoms with Crippen molar-refractivity contribution < 1.29 is 4.79 Å². The van der Waals surface area contributed by atoms with E-state index < -0.39 is 0 Å². The van der Waals surface area contributed by atoms with E-state index >= 15 is 0 Å². The number of benzene rings is 2. The molecule has 0 saturated carbocycles. The summed E-state index contributed by atoms with van der Waals surface area (Å²) in [5, 5.41) is 17.5. The van der Waals surface area contributed by atoms with Gasteiger partial charge in [-0.1, -0.05) is 18.2 Å². The summed E-state index contributed by atoms with van der Waals surface area (Å²) in [6.07, 6.45) is 2.46. The molecule has 1 aliphatic heterocycles. The molecule has 0 unspecified atom stereocenters. The molecule has 1 atom stereocenters. The Bertz CT molecular complexity index is 849. The Morgan fingerprint density at radius 2 is 1.85 bits per heavy atom. The van der Waals surface area contributed by atoms with Gasteiger partial charge in [0.1, 0.15) is 6.33 Å². The SMILES string of the molecule is O=C(Nc1ccc(-n2cnnn2)cc1)N1CC[C@@H](Nc2ccccc2)C1. The molecule has 3 aromatic rings. The Morgan fingerprint density at radius 1 is 1.04 bits per heavy atom. The fourth-order valence-corrected chi connectivity index (χ4v) is 3.01. The molecule has 2 amide bonds. The number of carbonyl (C=O) groups excluding carboxylic acids is 1. The van der Waals surface area contributed by atoms with Crippen LogP contribution in [-0.2, 0) is 0 Å². The number of aromatic nitrogens is 4. The molecule has 0 bridgehead atoms. The minimum atomic E-state index is -0.0856. The quantitative estimate of drug-likeness (QED) is 0.755. The smallest absolute Gasteiger partial charge is 0.321 e. The van der Waals surface area contributed by atoms with Gasteiger partial charge in [-0.15, -0.1) is 5.10 Å². The lowest BCUT2D eigenvalue weighted by Gasteiger charge is -2.18. The molecule has 2 N–H and O–H groups in total. The van der Waals surface area contributed by atoms with Crippen molar-refractivity contribution >= 4 is 17.4 Å². The number of anilines is 2. The van der Waals surface area contributed by atoms with Gasteiger partial charge < -0.3 is 15.5 Å². The molecule has 1 fully saturated rings. The van der Waals surface area contributed by atoms with Crippen molar-refractivity contribution in [1.82, 2.24) is 25.1 Å². The molecule has 2 aromatic carbocycles. The number of para-hydroxylation sites is 1. The zero-order chi connectivity index (χ0) is 17.8. The van der Waals surface area contributed by atoms with Crippen molar-refractivity contribution in [2.75, 3.05) is 23.7 Å². The highest BCUT2D eigenvalue weighted by Gasteiger charge is 2.26. The molecule has 4 rings (SSSR count). The average molecular weight is 349 g/mol.